The summed E-state index contributed by atoms with van der Waals surface area (Å²) in [6.07, 6.45) is 6.50. The van der Waals surface area contributed by atoms with Gasteiger partial charge in [-0.05, 0) is 12.8 Å². The monoisotopic (exact) mass is 177 g/mol. The average molecular weight is 177 g/mol. The van der Waals surface area contributed by atoms with Crippen molar-refractivity contribution < 1.29 is 4.21 Å². The molecule has 0 aromatic heterocycles. The minimum absolute atomic E-state index is 0.934. The fourth-order valence-corrected chi connectivity index (χ4v) is 3.00. The normalized spacial score (nSPS) is 11.9. The lowest BCUT2D eigenvalue weighted by Crippen LogP contribution is -2.17. The van der Waals surface area contributed by atoms with Gasteiger partial charge >= 0.3 is 0 Å². The standard InChI is InChI=1S/C9H21OS/c1-4-6-8-11(3,10)9-7-5-2/h4-9H2,1-3H3/q+1. The summed E-state index contributed by atoms with van der Waals surface area (Å²) in [6, 6.07) is 0. The molecule has 68 valence electrons. The lowest BCUT2D eigenvalue weighted by molar-refractivity contribution is 0.583. The summed E-state index contributed by atoms with van der Waals surface area (Å²) >= 11 is 0. The van der Waals surface area contributed by atoms with Crippen molar-refractivity contribution in [3.8, 4) is 0 Å². The van der Waals surface area contributed by atoms with Gasteiger partial charge in [0.15, 0.2) is 0 Å². The summed E-state index contributed by atoms with van der Waals surface area (Å²) < 4.78 is 11.7. The maximum Gasteiger partial charge on any atom is 0.112 e. The van der Waals surface area contributed by atoms with Crippen LogP contribution in [0, 0.1) is 0 Å². The van der Waals surface area contributed by atoms with Crippen LogP contribution in [0.2, 0.25) is 0 Å². The van der Waals surface area contributed by atoms with Crippen LogP contribution in [0.1, 0.15) is 39.5 Å². The van der Waals surface area contributed by atoms with Crippen molar-refractivity contribution in [1.82, 2.24) is 0 Å². The van der Waals surface area contributed by atoms with Crippen molar-refractivity contribution in [1.29, 1.82) is 0 Å². The molecule has 0 unspecified atom stereocenters. The Kier molecular flexibility index (Phi) is 5.83. The first-order valence-electron chi connectivity index (χ1n) is 4.57. The molecular formula is C9H21OS+. The van der Waals surface area contributed by atoms with E-state index in [-0.39, 0.29) is 0 Å². The molecule has 0 saturated carbocycles. The van der Waals surface area contributed by atoms with E-state index in [2.05, 4.69) is 13.8 Å². The number of rotatable bonds is 6. The minimum Gasteiger partial charge on any atom is -0.106 e. The Hall–Kier alpha value is 0.150. The fourth-order valence-electron chi connectivity index (χ4n) is 1.00. The lowest BCUT2D eigenvalue weighted by Gasteiger charge is -2.04. The van der Waals surface area contributed by atoms with Crippen LogP contribution in [0.5, 0.6) is 0 Å². The highest BCUT2D eigenvalue weighted by molar-refractivity contribution is 8.02. The third kappa shape index (κ3) is 6.54. The zero-order valence-corrected chi connectivity index (χ0v) is 8.88. The van der Waals surface area contributed by atoms with Gasteiger partial charge in [-0.15, -0.1) is 4.21 Å². The molecule has 0 amide bonds. The summed E-state index contributed by atoms with van der Waals surface area (Å²) in [5, 5.41) is 0. The Morgan fingerprint density at radius 2 is 1.36 bits per heavy atom. The van der Waals surface area contributed by atoms with E-state index in [0.717, 1.165) is 37.2 Å². The van der Waals surface area contributed by atoms with Crippen molar-refractivity contribution in [3.63, 3.8) is 0 Å². The SMILES string of the molecule is CCCC[S+](C)(=O)CCCC. The predicted octanol–water partition coefficient (Wildman–Crippen LogP) is 2.72. The highest BCUT2D eigenvalue weighted by Gasteiger charge is 2.18. The van der Waals surface area contributed by atoms with E-state index >= 15 is 0 Å². The molecule has 0 N–H and O–H groups in total. The van der Waals surface area contributed by atoms with E-state index in [1.807, 2.05) is 6.26 Å². The highest BCUT2D eigenvalue weighted by atomic mass is 32.2. The molecule has 0 rings (SSSR count). The summed E-state index contributed by atoms with van der Waals surface area (Å²) in [6.45, 7) is 4.30. The Morgan fingerprint density at radius 1 is 1.00 bits per heavy atom. The van der Waals surface area contributed by atoms with Crippen LogP contribution in [-0.4, -0.2) is 17.8 Å². The predicted molar refractivity (Wildman–Crippen MR) is 53.5 cm³/mol. The number of unbranched alkanes of at least 4 members (excludes halogenated alkanes) is 2. The van der Waals surface area contributed by atoms with Gasteiger partial charge in [-0.1, -0.05) is 26.7 Å². The van der Waals surface area contributed by atoms with E-state index in [4.69, 9.17) is 0 Å². The lowest BCUT2D eigenvalue weighted by atomic mass is 10.4. The van der Waals surface area contributed by atoms with Crippen LogP contribution in [0.25, 0.3) is 0 Å². The van der Waals surface area contributed by atoms with Crippen molar-refractivity contribution in [2.75, 3.05) is 17.8 Å². The second kappa shape index (κ2) is 5.76. The molecule has 0 aromatic rings. The van der Waals surface area contributed by atoms with E-state index < -0.39 is 9.93 Å². The zero-order valence-electron chi connectivity index (χ0n) is 8.06. The van der Waals surface area contributed by atoms with Crippen LogP contribution in [0.15, 0.2) is 0 Å². The van der Waals surface area contributed by atoms with Gasteiger partial charge in [0, 0.05) is 0 Å². The molecular weight excluding hydrogens is 156 g/mol. The third-order valence-electron chi connectivity index (χ3n) is 1.86. The summed E-state index contributed by atoms with van der Waals surface area (Å²) in [4.78, 5) is 0. The zero-order chi connectivity index (χ0) is 8.74. The third-order valence-corrected chi connectivity index (χ3v) is 4.16. The molecule has 0 atom stereocenters. The second-order valence-corrected chi connectivity index (χ2v) is 6.48. The first kappa shape index (κ1) is 11.2. The average Bonchev–Trinajstić information content (AvgIpc) is 1.97. The van der Waals surface area contributed by atoms with Crippen molar-refractivity contribution in [2.24, 2.45) is 0 Å². The first-order valence-corrected chi connectivity index (χ1v) is 6.87. The van der Waals surface area contributed by atoms with Gasteiger partial charge in [-0.2, -0.15) is 0 Å². The largest absolute Gasteiger partial charge is 0.112 e. The van der Waals surface area contributed by atoms with E-state index in [1.54, 1.807) is 0 Å². The smallest absolute Gasteiger partial charge is 0.106 e. The highest BCUT2D eigenvalue weighted by Crippen LogP contribution is 2.07. The molecule has 0 aliphatic rings. The van der Waals surface area contributed by atoms with Gasteiger partial charge in [-0.25, -0.2) is 0 Å². The molecule has 0 spiro atoms. The molecule has 11 heavy (non-hydrogen) atoms. The van der Waals surface area contributed by atoms with Crippen molar-refractivity contribution in [3.05, 3.63) is 0 Å². The Balaban J connectivity index is 3.53. The maximum atomic E-state index is 11.7. The van der Waals surface area contributed by atoms with Gasteiger partial charge in [0.1, 0.15) is 17.8 Å². The van der Waals surface area contributed by atoms with E-state index in [0.29, 0.717) is 0 Å². The minimum atomic E-state index is -1.46. The Labute approximate surface area is 72.0 Å². The topological polar surface area (TPSA) is 17.1 Å². The van der Waals surface area contributed by atoms with Gasteiger partial charge < -0.3 is 0 Å². The molecule has 0 aliphatic heterocycles. The summed E-state index contributed by atoms with van der Waals surface area (Å²) in [5.41, 5.74) is 0. The van der Waals surface area contributed by atoms with Crippen LogP contribution in [-0.2, 0) is 14.1 Å². The van der Waals surface area contributed by atoms with Crippen LogP contribution in [0.3, 0.4) is 0 Å². The van der Waals surface area contributed by atoms with Crippen LogP contribution >= 0.6 is 0 Å². The molecule has 0 bridgehead atoms. The maximum absolute atomic E-state index is 11.7. The second-order valence-electron chi connectivity index (χ2n) is 3.30. The molecule has 2 heteroatoms. The quantitative estimate of drug-likeness (QED) is 0.570. The van der Waals surface area contributed by atoms with Crippen LogP contribution in [0.4, 0.5) is 0 Å². The number of hydrogen-bond donors (Lipinski definition) is 0. The fraction of sp³-hybridized carbons (Fsp3) is 1.00. The van der Waals surface area contributed by atoms with Crippen LogP contribution < -0.4 is 0 Å². The van der Waals surface area contributed by atoms with Gasteiger partial charge in [0.25, 0.3) is 0 Å². The van der Waals surface area contributed by atoms with Gasteiger partial charge in [0.2, 0.25) is 0 Å². The molecule has 1 nitrogen and oxygen atoms in total. The van der Waals surface area contributed by atoms with E-state index in [9.17, 15) is 4.21 Å². The summed E-state index contributed by atoms with van der Waals surface area (Å²) in [7, 11) is -1.46. The molecule has 0 heterocycles. The molecule has 0 aromatic carbocycles. The Morgan fingerprint density at radius 3 is 1.64 bits per heavy atom. The van der Waals surface area contributed by atoms with Crippen molar-refractivity contribution >= 4 is 9.93 Å². The number of hydrogen-bond acceptors (Lipinski definition) is 1. The Bertz CT molecular complexity index is 120. The molecule has 0 fully saturated rings. The van der Waals surface area contributed by atoms with Crippen molar-refractivity contribution in [2.45, 2.75) is 39.5 Å². The van der Waals surface area contributed by atoms with Gasteiger partial charge in [-0.3, -0.25) is 0 Å². The first-order chi connectivity index (χ1) is 5.12. The molecule has 0 aliphatic carbocycles. The van der Waals surface area contributed by atoms with Gasteiger partial charge in [0.05, 0.1) is 9.93 Å². The summed E-state index contributed by atoms with van der Waals surface area (Å²) in [5.74, 6) is 1.87. The molecule has 0 saturated heterocycles. The molecule has 0 radical (unpaired) electrons. The van der Waals surface area contributed by atoms with E-state index in [1.165, 1.54) is 0 Å².